The van der Waals surface area contributed by atoms with Crippen LogP contribution in [-0.2, 0) is 13.1 Å². The normalized spacial score (nSPS) is 11.8. The number of aryl methyl sites for hydroxylation is 2. The topological polar surface area (TPSA) is 33.4 Å². The van der Waals surface area contributed by atoms with E-state index in [0.717, 1.165) is 30.3 Å². The van der Waals surface area contributed by atoms with E-state index in [1.54, 1.807) is 0 Å². The molecule has 0 saturated carbocycles. The van der Waals surface area contributed by atoms with E-state index in [0.29, 0.717) is 0 Å². The molecule has 0 N–H and O–H groups in total. The van der Waals surface area contributed by atoms with Crippen molar-refractivity contribution in [2.45, 2.75) is 26.9 Å². The van der Waals surface area contributed by atoms with Gasteiger partial charge in [0.25, 0.3) is 0 Å². The maximum Gasteiger partial charge on any atom is 0.234 e. The van der Waals surface area contributed by atoms with E-state index in [9.17, 15) is 0 Å². The Bertz CT molecular complexity index is 1010. The third kappa shape index (κ3) is 2.81. The Morgan fingerprint density at radius 2 is 1.96 bits per heavy atom. The van der Waals surface area contributed by atoms with E-state index >= 15 is 0 Å². The van der Waals surface area contributed by atoms with Crippen molar-refractivity contribution >= 4 is 27.2 Å². The lowest BCUT2D eigenvalue weighted by atomic mass is 10.1. The van der Waals surface area contributed by atoms with Gasteiger partial charge in [-0.3, -0.25) is 9.30 Å². The highest BCUT2D eigenvalue weighted by atomic mass is 32.1. The summed E-state index contributed by atoms with van der Waals surface area (Å²) in [7, 11) is 2.14. The summed E-state index contributed by atoms with van der Waals surface area (Å²) < 4.78 is 3.42. The zero-order chi connectivity index (χ0) is 16.7. The number of imidazole rings is 1. The summed E-state index contributed by atoms with van der Waals surface area (Å²) in [5.41, 5.74) is 4.61. The lowest BCUT2D eigenvalue weighted by Gasteiger charge is -2.14. The monoisotopic (exact) mass is 336 g/mol. The van der Waals surface area contributed by atoms with E-state index in [-0.39, 0.29) is 0 Å². The van der Waals surface area contributed by atoms with Crippen LogP contribution in [0.3, 0.4) is 0 Å². The number of rotatable bonds is 4. The number of hydrogen-bond donors (Lipinski definition) is 0. The van der Waals surface area contributed by atoms with Crippen LogP contribution in [0.25, 0.3) is 15.9 Å². The molecule has 0 unspecified atom stereocenters. The van der Waals surface area contributed by atoms with E-state index in [4.69, 9.17) is 0 Å². The van der Waals surface area contributed by atoms with Crippen LogP contribution in [0.1, 0.15) is 22.6 Å². The molecule has 0 spiro atoms. The molecule has 4 aromatic rings. The molecule has 0 aliphatic carbocycles. The van der Waals surface area contributed by atoms with Crippen molar-refractivity contribution in [2.24, 2.45) is 0 Å². The minimum absolute atomic E-state index is 0.789. The fourth-order valence-corrected chi connectivity index (χ4v) is 4.13. The molecule has 3 aromatic heterocycles. The highest BCUT2D eigenvalue weighted by Crippen LogP contribution is 2.26. The van der Waals surface area contributed by atoms with Crippen molar-refractivity contribution in [3.8, 4) is 0 Å². The standard InChI is InChI=1S/C19H20N4S/c1-13-8-14(2)23-11-16(21-19(23)20-13)10-22(3)9-15-12-24-18-7-5-4-6-17(15)18/h4-8,11-12H,9-10H2,1-3H3. The third-order valence-electron chi connectivity index (χ3n) is 4.24. The van der Waals surface area contributed by atoms with Gasteiger partial charge in [-0.15, -0.1) is 11.3 Å². The van der Waals surface area contributed by atoms with Gasteiger partial charge in [0.2, 0.25) is 5.78 Å². The highest BCUT2D eigenvalue weighted by Gasteiger charge is 2.10. The summed E-state index contributed by atoms with van der Waals surface area (Å²) in [5, 5.41) is 3.62. The second-order valence-electron chi connectivity index (χ2n) is 6.37. The van der Waals surface area contributed by atoms with Gasteiger partial charge in [0, 0.05) is 35.4 Å². The van der Waals surface area contributed by atoms with Crippen LogP contribution in [0, 0.1) is 13.8 Å². The predicted octanol–water partition coefficient (Wildman–Crippen LogP) is 4.19. The zero-order valence-electron chi connectivity index (χ0n) is 14.2. The Kier molecular flexibility index (Phi) is 3.82. The Morgan fingerprint density at radius 3 is 2.83 bits per heavy atom. The quantitative estimate of drug-likeness (QED) is 0.560. The summed E-state index contributed by atoms with van der Waals surface area (Å²) in [6.07, 6.45) is 2.10. The minimum Gasteiger partial charge on any atom is -0.296 e. The first-order valence-electron chi connectivity index (χ1n) is 8.06. The molecule has 3 heterocycles. The fourth-order valence-electron chi connectivity index (χ4n) is 3.17. The SMILES string of the molecule is Cc1cc(C)n2cc(CN(C)Cc3csc4ccccc34)nc2n1. The van der Waals surface area contributed by atoms with Crippen LogP contribution < -0.4 is 0 Å². The second kappa shape index (κ2) is 6.00. The van der Waals surface area contributed by atoms with Crippen LogP contribution >= 0.6 is 11.3 Å². The molecule has 5 heteroatoms. The molecule has 4 rings (SSSR count). The first kappa shape index (κ1) is 15.3. The zero-order valence-corrected chi connectivity index (χ0v) is 15.0. The lowest BCUT2D eigenvalue weighted by molar-refractivity contribution is 0.317. The Balaban J connectivity index is 1.55. The molecule has 24 heavy (non-hydrogen) atoms. The van der Waals surface area contributed by atoms with Crippen LogP contribution in [0.15, 0.2) is 41.9 Å². The Hall–Kier alpha value is -2.24. The molecule has 0 aliphatic rings. The van der Waals surface area contributed by atoms with Crippen molar-refractivity contribution in [3.63, 3.8) is 0 Å². The molecule has 0 bridgehead atoms. The predicted molar refractivity (Wildman–Crippen MR) is 99.5 cm³/mol. The molecule has 0 saturated heterocycles. The van der Waals surface area contributed by atoms with Gasteiger partial charge >= 0.3 is 0 Å². The molecule has 0 aliphatic heterocycles. The average molecular weight is 336 g/mol. The Morgan fingerprint density at radius 1 is 1.12 bits per heavy atom. The van der Waals surface area contributed by atoms with Crippen molar-refractivity contribution in [1.29, 1.82) is 0 Å². The van der Waals surface area contributed by atoms with Crippen LogP contribution in [0.4, 0.5) is 0 Å². The summed E-state index contributed by atoms with van der Waals surface area (Å²) >= 11 is 1.81. The van der Waals surface area contributed by atoms with E-state index in [2.05, 4.69) is 75.1 Å². The fraction of sp³-hybridized carbons (Fsp3) is 0.263. The highest BCUT2D eigenvalue weighted by molar-refractivity contribution is 7.17. The number of aromatic nitrogens is 3. The minimum atomic E-state index is 0.789. The summed E-state index contributed by atoms with van der Waals surface area (Å²) in [5.74, 6) is 0.789. The molecule has 0 atom stereocenters. The van der Waals surface area contributed by atoms with Crippen LogP contribution in [0.5, 0.6) is 0 Å². The molecule has 0 fully saturated rings. The molecule has 0 amide bonds. The molecule has 4 nitrogen and oxygen atoms in total. The average Bonchev–Trinajstić information content (AvgIpc) is 3.12. The lowest BCUT2D eigenvalue weighted by Crippen LogP contribution is -2.17. The summed E-state index contributed by atoms with van der Waals surface area (Å²) in [6, 6.07) is 10.7. The van der Waals surface area contributed by atoms with Crippen molar-refractivity contribution < 1.29 is 0 Å². The van der Waals surface area contributed by atoms with Crippen molar-refractivity contribution in [2.75, 3.05) is 7.05 Å². The maximum atomic E-state index is 4.68. The van der Waals surface area contributed by atoms with Gasteiger partial charge in [0.1, 0.15) is 0 Å². The second-order valence-corrected chi connectivity index (χ2v) is 7.28. The van der Waals surface area contributed by atoms with Crippen LogP contribution in [-0.4, -0.2) is 26.3 Å². The third-order valence-corrected chi connectivity index (χ3v) is 5.26. The van der Waals surface area contributed by atoms with Crippen LogP contribution in [0.2, 0.25) is 0 Å². The maximum absolute atomic E-state index is 4.68. The molecular weight excluding hydrogens is 316 g/mol. The number of thiophene rings is 1. The summed E-state index contributed by atoms with van der Waals surface area (Å²) in [4.78, 5) is 11.5. The summed E-state index contributed by atoms with van der Waals surface area (Å²) in [6.45, 7) is 5.83. The van der Waals surface area contributed by atoms with Gasteiger partial charge in [0.15, 0.2) is 0 Å². The van der Waals surface area contributed by atoms with Gasteiger partial charge in [-0.25, -0.2) is 9.97 Å². The van der Waals surface area contributed by atoms with E-state index in [1.807, 2.05) is 18.3 Å². The molecule has 1 aromatic carbocycles. The number of nitrogens with zero attached hydrogens (tertiary/aromatic N) is 4. The van der Waals surface area contributed by atoms with Gasteiger partial charge in [-0.2, -0.15) is 0 Å². The van der Waals surface area contributed by atoms with E-state index < -0.39 is 0 Å². The molecular formula is C19H20N4S. The van der Waals surface area contributed by atoms with Crippen molar-refractivity contribution in [3.05, 3.63) is 64.6 Å². The number of hydrogen-bond acceptors (Lipinski definition) is 4. The largest absolute Gasteiger partial charge is 0.296 e. The number of benzene rings is 1. The van der Waals surface area contributed by atoms with Gasteiger partial charge < -0.3 is 0 Å². The smallest absolute Gasteiger partial charge is 0.234 e. The van der Waals surface area contributed by atoms with Crippen molar-refractivity contribution in [1.82, 2.24) is 19.3 Å². The Labute approximate surface area is 145 Å². The van der Waals surface area contributed by atoms with Gasteiger partial charge in [-0.1, -0.05) is 18.2 Å². The molecule has 0 radical (unpaired) electrons. The van der Waals surface area contributed by atoms with Gasteiger partial charge in [0.05, 0.1) is 5.69 Å². The van der Waals surface area contributed by atoms with E-state index in [1.165, 1.54) is 21.3 Å². The van der Waals surface area contributed by atoms with Gasteiger partial charge in [-0.05, 0) is 49.4 Å². The molecule has 122 valence electrons. The first-order chi connectivity index (χ1) is 11.6. The first-order valence-corrected chi connectivity index (χ1v) is 8.94. The number of fused-ring (bicyclic) bond motifs is 2.